The molecule has 0 bridgehead atoms. The zero-order valence-electron chi connectivity index (χ0n) is 12.8. The number of carbonyl (C=O) groups is 1. The molecule has 116 valence electrons. The van der Waals surface area contributed by atoms with Crippen LogP contribution < -0.4 is 5.32 Å². The Kier molecular flexibility index (Phi) is 5.92. The molecule has 1 aliphatic heterocycles. The lowest BCUT2D eigenvalue weighted by Gasteiger charge is -2.30. The second-order valence-electron chi connectivity index (χ2n) is 5.58. The molecular formula is C15H24N4O2. The quantitative estimate of drug-likeness (QED) is 0.810. The van der Waals surface area contributed by atoms with Crippen molar-refractivity contribution in [1.82, 2.24) is 15.1 Å². The molecule has 1 aromatic rings. The van der Waals surface area contributed by atoms with Gasteiger partial charge in [-0.1, -0.05) is 6.92 Å². The Labute approximate surface area is 125 Å². The molecule has 0 radical (unpaired) electrons. The highest BCUT2D eigenvalue weighted by atomic mass is 16.5. The van der Waals surface area contributed by atoms with E-state index in [9.17, 15) is 4.79 Å². The number of anilines is 1. The van der Waals surface area contributed by atoms with Crippen LogP contribution in [0.25, 0.3) is 0 Å². The number of piperidine rings is 1. The molecule has 0 aromatic carbocycles. The number of aromatic nitrogens is 2. The molecule has 1 aromatic heterocycles. The molecule has 6 nitrogen and oxygen atoms in total. The summed E-state index contributed by atoms with van der Waals surface area (Å²) in [5, 5.41) is 11.3. The first-order chi connectivity index (χ1) is 10.2. The van der Waals surface area contributed by atoms with Crippen molar-refractivity contribution < 1.29 is 9.53 Å². The van der Waals surface area contributed by atoms with Crippen molar-refractivity contribution in [2.75, 3.05) is 38.7 Å². The molecular weight excluding hydrogens is 268 g/mol. The van der Waals surface area contributed by atoms with E-state index >= 15 is 0 Å². The largest absolute Gasteiger partial charge is 0.385 e. The fourth-order valence-corrected chi connectivity index (χ4v) is 2.51. The fourth-order valence-electron chi connectivity index (χ4n) is 2.51. The summed E-state index contributed by atoms with van der Waals surface area (Å²) in [5.41, 5.74) is 0.423. The Morgan fingerprint density at radius 1 is 1.48 bits per heavy atom. The minimum Gasteiger partial charge on any atom is -0.385 e. The van der Waals surface area contributed by atoms with E-state index in [2.05, 4.69) is 22.4 Å². The Bertz CT molecular complexity index is 449. The van der Waals surface area contributed by atoms with Gasteiger partial charge >= 0.3 is 0 Å². The van der Waals surface area contributed by atoms with Gasteiger partial charge in [0.2, 0.25) is 0 Å². The van der Waals surface area contributed by atoms with Crippen molar-refractivity contribution >= 4 is 11.7 Å². The molecule has 1 fully saturated rings. The third kappa shape index (κ3) is 4.67. The number of methoxy groups -OCH3 is 1. The molecule has 2 heterocycles. The zero-order valence-corrected chi connectivity index (χ0v) is 12.8. The molecule has 1 saturated heterocycles. The van der Waals surface area contributed by atoms with E-state index in [0.29, 0.717) is 24.0 Å². The fraction of sp³-hybridized carbons (Fsp3) is 0.667. The first-order valence-electron chi connectivity index (χ1n) is 7.56. The van der Waals surface area contributed by atoms with Crippen LogP contribution in [0.4, 0.5) is 5.82 Å². The van der Waals surface area contributed by atoms with Gasteiger partial charge in [0.1, 0.15) is 5.82 Å². The van der Waals surface area contributed by atoms with E-state index in [1.807, 2.05) is 4.90 Å². The normalized spacial score (nSPS) is 18.6. The van der Waals surface area contributed by atoms with Crippen LogP contribution >= 0.6 is 0 Å². The van der Waals surface area contributed by atoms with Crippen LogP contribution in [0.15, 0.2) is 12.1 Å². The van der Waals surface area contributed by atoms with Crippen molar-refractivity contribution in [3.63, 3.8) is 0 Å². The van der Waals surface area contributed by atoms with E-state index in [0.717, 1.165) is 32.5 Å². The molecule has 2 rings (SSSR count). The number of nitrogens with one attached hydrogen (secondary N) is 1. The Hall–Kier alpha value is -1.69. The zero-order chi connectivity index (χ0) is 15.1. The van der Waals surface area contributed by atoms with Gasteiger partial charge in [-0.25, -0.2) is 0 Å². The SMILES string of the molecule is COCCCNc1ccc(C(=O)N2CCCC(C)C2)nn1. The van der Waals surface area contributed by atoms with Crippen molar-refractivity contribution in [2.45, 2.75) is 26.2 Å². The second-order valence-corrected chi connectivity index (χ2v) is 5.58. The van der Waals surface area contributed by atoms with Crippen LogP contribution in [0.3, 0.4) is 0 Å². The molecule has 1 N–H and O–H groups in total. The molecule has 1 amide bonds. The predicted octanol–water partition coefficient (Wildman–Crippen LogP) is 1.80. The average Bonchev–Trinajstić information content (AvgIpc) is 2.51. The first kappa shape index (κ1) is 15.7. The molecule has 6 heteroatoms. The van der Waals surface area contributed by atoms with E-state index in [1.165, 1.54) is 6.42 Å². The lowest BCUT2D eigenvalue weighted by molar-refractivity contribution is 0.0676. The maximum Gasteiger partial charge on any atom is 0.274 e. The third-order valence-electron chi connectivity index (χ3n) is 3.66. The summed E-state index contributed by atoms with van der Waals surface area (Å²) >= 11 is 0. The van der Waals surface area contributed by atoms with Gasteiger partial charge in [0.25, 0.3) is 5.91 Å². The summed E-state index contributed by atoms with van der Waals surface area (Å²) in [6.45, 7) is 5.31. The maximum atomic E-state index is 12.3. The summed E-state index contributed by atoms with van der Waals surface area (Å²) in [7, 11) is 1.68. The van der Waals surface area contributed by atoms with Gasteiger partial charge in [-0.3, -0.25) is 4.79 Å². The lowest BCUT2D eigenvalue weighted by Crippen LogP contribution is -2.39. The molecule has 0 aliphatic carbocycles. The van der Waals surface area contributed by atoms with E-state index in [1.54, 1.807) is 19.2 Å². The third-order valence-corrected chi connectivity index (χ3v) is 3.66. The molecule has 21 heavy (non-hydrogen) atoms. The van der Waals surface area contributed by atoms with Crippen LogP contribution in [-0.2, 0) is 4.74 Å². The van der Waals surface area contributed by atoms with Crippen molar-refractivity contribution in [2.24, 2.45) is 5.92 Å². The van der Waals surface area contributed by atoms with Crippen LogP contribution in [0.5, 0.6) is 0 Å². The minimum atomic E-state index is -0.0139. The predicted molar refractivity (Wildman–Crippen MR) is 81.3 cm³/mol. The van der Waals surface area contributed by atoms with Crippen molar-refractivity contribution in [3.05, 3.63) is 17.8 Å². The minimum absolute atomic E-state index is 0.0139. The number of hydrogen-bond donors (Lipinski definition) is 1. The van der Waals surface area contributed by atoms with Gasteiger partial charge in [0, 0.05) is 33.4 Å². The van der Waals surface area contributed by atoms with Gasteiger partial charge in [-0.15, -0.1) is 10.2 Å². The van der Waals surface area contributed by atoms with Crippen LogP contribution in [-0.4, -0.2) is 54.4 Å². The summed E-state index contributed by atoms with van der Waals surface area (Å²) < 4.78 is 4.98. The van der Waals surface area contributed by atoms with Crippen LogP contribution in [0.1, 0.15) is 36.7 Å². The standard InChI is InChI=1S/C15H24N4O2/c1-12-5-3-9-19(11-12)15(20)13-6-7-14(18-17-13)16-8-4-10-21-2/h6-7,12H,3-5,8-11H2,1-2H3,(H,16,18). The van der Waals surface area contributed by atoms with Gasteiger partial charge in [-0.05, 0) is 37.3 Å². The Balaban J connectivity index is 1.87. The second kappa shape index (κ2) is 7.93. The Morgan fingerprint density at radius 2 is 2.33 bits per heavy atom. The molecule has 0 spiro atoms. The molecule has 0 saturated carbocycles. The topological polar surface area (TPSA) is 67.3 Å². The van der Waals surface area contributed by atoms with E-state index in [4.69, 9.17) is 4.74 Å². The summed E-state index contributed by atoms with van der Waals surface area (Å²) in [6, 6.07) is 3.55. The summed E-state index contributed by atoms with van der Waals surface area (Å²) in [5.74, 6) is 1.24. The van der Waals surface area contributed by atoms with Crippen LogP contribution in [0.2, 0.25) is 0 Å². The monoisotopic (exact) mass is 292 g/mol. The van der Waals surface area contributed by atoms with Gasteiger partial charge in [0.15, 0.2) is 5.69 Å². The maximum absolute atomic E-state index is 12.3. The van der Waals surface area contributed by atoms with Gasteiger partial charge in [-0.2, -0.15) is 0 Å². The highest BCUT2D eigenvalue weighted by Crippen LogP contribution is 2.17. The van der Waals surface area contributed by atoms with E-state index in [-0.39, 0.29) is 5.91 Å². The number of ether oxygens (including phenoxy) is 1. The highest BCUT2D eigenvalue weighted by molar-refractivity contribution is 5.92. The van der Waals surface area contributed by atoms with Gasteiger partial charge in [0.05, 0.1) is 0 Å². The van der Waals surface area contributed by atoms with Gasteiger partial charge < -0.3 is 15.0 Å². The molecule has 1 aliphatic rings. The van der Waals surface area contributed by atoms with Crippen molar-refractivity contribution in [1.29, 1.82) is 0 Å². The number of carbonyl (C=O) groups excluding carboxylic acids is 1. The Morgan fingerprint density at radius 3 is 3.00 bits per heavy atom. The molecule has 1 unspecified atom stereocenters. The number of hydrogen-bond acceptors (Lipinski definition) is 5. The van der Waals surface area contributed by atoms with Crippen LogP contribution in [0, 0.1) is 5.92 Å². The number of likely N-dealkylation sites (tertiary alicyclic amines) is 1. The summed E-state index contributed by atoms with van der Waals surface area (Å²) in [4.78, 5) is 14.2. The molecule has 1 atom stereocenters. The number of amides is 1. The lowest BCUT2D eigenvalue weighted by atomic mass is 10.00. The smallest absolute Gasteiger partial charge is 0.274 e. The summed E-state index contributed by atoms with van der Waals surface area (Å²) in [6.07, 6.45) is 3.17. The number of rotatable bonds is 6. The number of nitrogens with zero attached hydrogens (tertiary/aromatic N) is 3. The highest BCUT2D eigenvalue weighted by Gasteiger charge is 2.23. The average molecular weight is 292 g/mol. The van der Waals surface area contributed by atoms with E-state index < -0.39 is 0 Å². The first-order valence-corrected chi connectivity index (χ1v) is 7.56. The van der Waals surface area contributed by atoms with Crippen molar-refractivity contribution in [3.8, 4) is 0 Å².